The van der Waals surface area contributed by atoms with Gasteiger partial charge in [0.15, 0.2) is 5.82 Å². The SMILES string of the molecule is COc1ccc(C2=N[C@H](c3ccc(Cl)cc3)[C@H](c3ccc(Cl)cc3)N2C(=O)N2CCN(CCOCCOCCOCCOCCC(=O)NCCn3nc4c(c3C#N)-c3cnc(N)c(n3)O[C@H](C)c3cc(F)ccc3C(=O)N(C)C4)C(=O)C2)c(OC(C)C)c1. The molecule has 3 aliphatic rings. The summed E-state index contributed by atoms with van der Waals surface area (Å²) in [4.78, 5) is 75.7. The Kier molecular flexibility index (Phi) is 21.8. The van der Waals surface area contributed by atoms with Gasteiger partial charge in [-0.05, 0) is 86.5 Å². The molecule has 5 amide bonds. The summed E-state index contributed by atoms with van der Waals surface area (Å²) < 4.78 is 56.4. The molecule has 0 aliphatic carbocycles. The predicted octanol–water partition coefficient (Wildman–Crippen LogP) is 7.84. The Morgan fingerprint density at radius 2 is 1.51 bits per heavy atom. The summed E-state index contributed by atoms with van der Waals surface area (Å²) in [5.74, 6) is -0.136. The van der Waals surface area contributed by atoms with Crippen molar-refractivity contribution in [3.8, 4) is 34.7 Å². The van der Waals surface area contributed by atoms with Gasteiger partial charge in [-0.3, -0.25) is 29.0 Å². The van der Waals surface area contributed by atoms with Crippen LogP contribution in [0.1, 0.15) is 89.4 Å². The second kappa shape index (κ2) is 30.0. The van der Waals surface area contributed by atoms with Crippen LogP contribution in [-0.2, 0) is 41.6 Å². The van der Waals surface area contributed by atoms with Gasteiger partial charge in [0.05, 0.1) is 114 Å². The number of fused-ring (bicyclic) bond motifs is 5. The molecule has 1 saturated heterocycles. The zero-order valence-corrected chi connectivity index (χ0v) is 51.0. The van der Waals surface area contributed by atoms with Crippen LogP contribution in [-0.4, -0.2) is 175 Å². The van der Waals surface area contributed by atoms with E-state index in [0.29, 0.717) is 89.3 Å². The van der Waals surface area contributed by atoms with Crippen molar-refractivity contribution in [2.45, 2.75) is 64.6 Å². The van der Waals surface area contributed by atoms with Crippen LogP contribution in [0.15, 0.2) is 96.1 Å². The fraction of sp³-hybridized carbons (Fsp3) is 0.403. The Hall–Kier alpha value is -8.44. The van der Waals surface area contributed by atoms with E-state index in [4.69, 9.17) is 67.1 Å². The number of hydrogen-bond acceptors (Lipinski definition) is 17. The van der Waals surface area contributed by atoms with Crippen LogP contribution in [0, 0.1) is 17.1 Å². The van der Waals surface area contributed by atoms with Gasteiger partial charge in [0.1, 0.15) is 53.6 Å². The topological polar surface area (TPSA) is 264 Å². The molecule has 0 spiro atoms. The third-order valence-electron chi connectivity index (χ3n) is 14.7. The number of amides is 5. The lowest BCUT2D eigenvalue weighted by molar-refractivity contribution is -0.135. The third kappa shape index (κ3) is 15.6. The highest BCUT2D eigenvalue weighted by Gasteiger charge is 2.46. The van der Waals surface area contributed by atoms with Crippen molar-refractivity contribution in [2.24, 2.45) is 4.99 Å². The third-order valence-corrected chi connectivity index (χ3v) is 15.2. The molecule has 4 aromatic carbocycles. The lowest BCUT2D eigenvalue weighted by atomic mass is 9.93. The number of rotatable bonds is 24. The first-order chi connectivity index (χ1) is 42.5. The molecule has 5 heterocycles. The minimum Gasteiger partial charge on any atom is -0.497 e. The van der Waals surface area contributed by atoms with Crippen molar-refractivity contribution in [1.29, 1.82) is 5.26 Å². The number of carbonyl (C=O) groups excluding carboxylic acids is 4. The summed E-state index contributed by atoms with van der Waals surface area (Å²) in [5, 5.41) is 18.9. The number of ether oxygens (including phenoxy) is 7. The van der Waals surface area contributed by atoms with Gasteiger partial charge in [-0.1, -0.05) is 47.5 Å². The zero-order valence-electron chi connectivity index (χ0n) is 49.5. The molecule has 0 radical (unpaired) electrons. The molecular formula is C62H69Cl2FN12O11. The standard InChI is InChI=1S/C62H69Cl2FN12O11/c1-38(2)87-52-33-45(82-5)15-17-47(52)59-71-56(40-6-10-42(63)11-7-40)57(41-8-12-43(64)13-9-41)77(59)62(81)75-22-21-74(54(79)37-75)23-25-84-27-29-86-31-30-85-28-26-83-24-18-53(78)68-19-20-76-51(34-66)55-49-35-69-58(67)60(70-49)88-39(3)48-32-44(65)14-16-46(48)61(80)73(4)36-50(55)72-76/h6-17,32-33,35,38-39,56-57H,18-31,36-37H2,1-5H3,(H2,67,69)(H,68,78)/t39-,56-,57+/m1/s1. The number of nitrogens with zero attached hydrogens (tertiary/aromatic N) is 10. The second-order valence-electron chi connectivity index (χ2n) is 21.1. The summed E-state index contributed by atoms with van der Waals surface area (Å²) in [6, 6.07) is 24.5. The van der Waals surface area contributed by atoms with Crippen LogP contribution in [0.4, 0.5) is 15.0 Å². The van der Waals surface area contributed by atoms with E-state index in [9.17, 15) is 24.0 Å². The van der Waals surface area contributed by atoms with E-state index < -0.39 is 35.9 Å². The van der Waals surface area contributed by atoms with Crippen LogP contribution < -0.4 is 25.3 Å². The highest BCUT2D eigenvalue weighted by Crippen LogP contribution is 2.46. The van der Waals surface area contributed by atoms with Crippen molar-refractivity contribution >= 4 is 58.6 Å². The van der Waals surface area contributed by atoms with Gasteiger partial charge in [-0.2, -0.15) is 10.4 Å². The Bertz CT molecular complexity index is 3530. The molecule has 23 nitrogen and oxygen atoms in total. The lowest BCUT2D eigenvalue weighted by Gasteiger charge is -2.38. The fourth-order valence-electron chi connectivity index (χ4n) is 10.3. The molecule has 464 valence electrons. The fourth-order valence-corrected chi connectivity index (χ4v) is 10.6. The first kappa shape index (κ1) is 64.0. The maximum atomic E-state index is 15.1. The predicted molar refractivity (Wildman–Crippen MR) is 324 cm³/mol. The van der Waals surface area contributed by atoms with Gasteiger partial charge in [-0.15, -0.1) is 0 Å². The van der Waals surface area contributed by atoms with Gasteiger partial charge in [0, 0.05) is 66.9 Å². The minimum atomic E-state index is -0.838. The van der Waals surface area contributed by atoms with Crippen LogP contribution in [0.5, 0.6) is 17.4 Å². The van der Waals surface area contributed by atoms with E-state index in [2.05, 4.69) is 26.5 Å². The number of benzene rings is 4. The van der Waals surface area contributed by atoms with Crippen molar-refractivity contribution in [3.63, 3.8) is 0 Å². The van der Waals surface area contributed by atoms with Crippen molar-refractivity contribution in [2.75, 3.05) is 105 Å². The molecule has 3 aliphatic heterocycles. The molecule has 3 N–H and O–H groups in total. The summed E-state index contributed by atoms with van der Waals surface area (Å²) >= 11 is 12.7. The number of aliphatic imine (C=N–C) groups is 1. The van der Waals surface area contributed by atoms with Crippen LogP contribution in [0.2, 0.25) is 10.0 Å². The van der Waals surface area contributed by atoms with Gasteiger partial charge in [0.2, 0.25) is 11.8 Å². The van der Waals surface area contributed by atoms with Crippen molar-refractivity contribution in [3.05, 3.63) is 146 Å². The highest BCUT2D eigenvalue weighted by molar-refractivity contribution is 6.30. The number of anilines is 1. The van der Waals surface area contributed by atoms with Crippen molar-refractivity contribution < 1.29 is 56.7 Å². The maximum absolute atomic E-state index is 15.1. The maximum Gasteiger partial charge on any atom is 0.326 e. The van der Waals surface area contributed by atoms with Gasteiger partial charge in [0.25, 0.3) is 11.8 Å². The Labute approximate surface area is 518 Å². The van der Waals surface area contributed by atoms with Crippen LogP contribution >= 0.6 is 23.2 Å². The number of piperazine rings is 1. The number of methoxy groups -OCH3 is 1. The molecule has 88 heavy (non-hydrogen) atoms. The quantitative estimate of drug-likeness (QED) is 0.0547. The number of urea groups is 1. The number of halogens is 3. The molecule has 0 saturated carbocycles. The Morgan fingerprint density at radius 3 is 2.17 bits per heavy atom. The first-order valence-electron chi connectivity index (χ1n) is 28.7. The van der Waals surface area contributed by atoms with Crippen molar-refractivity contribution in [1.82, 2.24) is 44.7 Å². The highest BCUT2D eigenvalue weighted by atomic mass is 35.5. The zero-order chi connectivity index (χ0) is 62.4. The normalized spacial score (nSPS) is 16.7. The Morgan fingerprint density at radius 1 is 0.852 bits per heavy atom. The minimum absolute atomic E-state index is 0.0372. The molecule has 0 unspecified atom stereocenters. The average Bonchev–Trinajstić information content (AvgIpc) is 2.31. The Balaban J connectivity index is 0.674. The summed E-state index contributed by atoms with van der Waals surface area (Å²) in [7, 11) is 3.14. The molecular weight excluding hydrogens is 1180 g/mol. The van der Waals surface area contributed by atoms with E-state index in [1.165, 1.54) is 34.0 Å². The molecule has 2 bridgehead atoms. The van der Waals surface area contributed by atoms with Crippen LogP contribution in [0.25, 0.3) is 11.3 Å². The van der Waals surface area contributed by atoms with E-state index in [1.807, 2.05) is 44.2 Å². The number of nitrogens with one attached hydrogen (secondary N) is 1. The smallest absolute Gasteiger partial charge is 0.326 e. The van der Waals surface area contributed by atoms with E-state index in [1.54, 1.807) is 72.2 Å². The van der Waals surface area contributed by atoms with E-state index >= 15 is 4.79 Å². The monoisotopic (exact) mass is 1250 g/mol. The van der Waals surface area contributed by atoms with E-state index in [-0.39, 0.29) is 112 Å². The molecule has 1 fully saturated rings. The summed E-state index contributed by atoms with van der Waals surface area (Å²) in [6.45, 7) is 8.58. The number of aromatic nitrogens is 4. The first-order valence-corrected chi connectivity index (χ1v) is 29.5. The number of hydrogen-bond donors (Lipinski definition) is 2. The average molecular weight is 1250 g/mol. The largest absolute Gasteiger partial charge is 0.497 e. The second-order valence-corrected chi connectivity index (χ2v) is 22.0. The number of carbonyl (C=O) groups is 4. The number of nitrogen functional groups attached to an aromatic ring is 1. The summed E-state index contributed by atoms with van der Waals surface area (Å²) in [5.41, 5.74) is 9.83. The molecule has 2 aromatic heterocycles. The van der Waals surface area contributed by atoms with E-state index in [0.717, 1.165) is 11.1 Å². The summed E-state index contributed by atoms with van der Waals surface area (Å²) in [6.07, 6.45) is 0.411. The molecule has 3 atom stereocenters. The van der Waals surface area contributed by atoms with Gasteiger partial charge >= 0.3 is 6.03 Å². The number of nitriles is 1. The van der Waals surface area contributed by atoms with Crippen LogP contribution in [0.3, 0.4) is 0 Å². The molecule has 26 heteroatoms. The number of amidine groups is 1. The van der Waals surface area contributed by atoms with Gasteiger partial charge < -0.3 is 58.9 Å². The number of nitrogens with two attached hydrogens (primary N) is 1. The molecule has 6 aromatic rings. The van der Waals surface area contributed by atoms with Gasteiger partial charge in [-0.25, -0.2) is 19.2 Å². The molecule has 9 rings (SSSR count). The lowest BCUT2D eigenvalue weighted by Crippen LogP contribution is -2.56.